The van der Waals surface area contributed by atoms with Crippen LogP contribution < -0.4 is 0 Å². The third-order valence-corrected chi connectivity index (χ3v) is 20.1. The Bertz CT molecular complexity index is 4550. The fourth-order valence-corrected chi connectivity index (χ4v) is 14.1. The highest BCUT2D eigenvalue weighted by molar-refractivity contribution is 5.92. The van der Waals surface area contributed by atoms with Gasteiger partial charge in [0.2, 0.25) is 0 Å². The Morgan fingerprint density at radius 1 is 0.380 bits per heavy atom. The molecule has 0 N–H and O–H groups in total. The van der Waals surface area contributed by atoms with Crippen molar-refractivity contribution in [3.63, 3.8) is 0 Å². The number of benzene rings is 8. The van der Waals surface area contributed by atoms with Gasteiger partial charge in [0.25, 0.3) is 0 Å². The van der Waals surface area contributed by atoms with Gasteiger partial charge >= 0.3 is 41.8 Å². The van der Waals surface area contributed by atoms with E-state index in [0.717, 1.165) is 37.6 Å². The summed E-state index contributed by atoms with van der Waals surface area (Å²) in [6.45, 7) is 10.0. The van der Waals surface area contributed by atoms with E-state index < -0.39 is 164 Å². The lowest BCUT2D eigenvalue weighted by atomic mass is 9.94. The second kappa shape index (κ2) is 44.7. The number of carbonyl (C=O) groups excluding carboxylic acids is 7. The van der Waals surface area contributed by atoms with E-state index >= 15 is 4.79 Å². The average Bonchev–Trinajstić information content (AvgIpc) is 0.753. The number of unbranched alkanes of at least 4 members (excludes halogenated alkanes) is 1. The van der Waals surface area contributed by atoms with Crippen molar-refractivity contribution in [1.29, 1.82) is 0 Å². The van der Waals surface area contributed by atoms with Gasteiger partial charge in [0.1, 0.15) is 48.8 Å². The van der Waals surface area contributed by atoms with Crippen molar-refractivity contribution in [2.75, 3.05) is 33.5 Å². The van der Waals surface area contributed by atoms with Crippen molar-refractivity contribution in [3.8, 4) is 0 Å². The maximum absolute atomic E-state index is 15.1. The van der Waals surface area contributed by atoms with E-state index in [1.807, 2.05) is 127 Å². The number of hydrogen-bond donors (Lipinski definition) is 0. The summed E-state index contributed by atoms with van der Waals surface area (Å²) in [6, 6.07) is 69.1. The van der Waals surface area contributed by atoms with Gasteiger partial charge in [-0.2, -0.15) is 0 Å². The number of rotatable bonds is 38. The zero-order valence-electron chi connectivity index (χ0n) is 68.1. The summed E-state index contributed by atoms with van der Waals surface area (Å²) >= 11 is 0. The van der Waals surface area contributed by atoms with Gasteiger partial charge in [-0.25, -0.2) is 19.2 Å². The first-order chi connectivity index (χ1) is 58.8. The molecule has 4 fully saturated rings. The quantitative estimate of drug-likeness (QED) is 0.0150. The SMILES string of the molecule is C=CCCCO[C@@H]1OC[C@@H](O[C@@H]2O[C@H](COCc3ccccc3)[C@H](OCc3ccccc3)[C@H](O[C@@H]3O[C@H](COCc4ccccc4)[C@H](OCc4ccccc4)[C@H](O[C@@H]4O[C@H](C(=O)OC)[C@@H](OC(=O)c5ccccc5)[C@H](OC(=O)c5ccccc5)[C@H]4OC(=O)c4ccccc4)[C@H]3OC(C)=O)[C@H]2OC(C)=O)[C@H](OCc2ccccc2)[C@H]1OC(=O)C(C)(C)C. The van der Waals surface area contributed by atoms with Gasteiger partial charge < -0.3 is 94.7 Å². The van der Waals surface area contributed by atoms with Crippen molar-refractivity contribution in [3.05, 3.63) is 300 Å². The van der Waals surface area contributed by atoms with Gasteiger partial charge in [0.15, 0.2) is 67.9 Å². The molecule has 4 heterocycles. The zero-order chi connectivity index (χ0) is 85.0. The van der Waals surface area contributed by atoms with Gasteiger partial charge in [0, 0.05) is 13.8 Å². The van der Waals surface area contributed by atoms with Crippen molar-refractivity contribution < 1.29 is 128 Å². The molecule has 0 amide bonds. The second-order valence-corrected chi connectivity index (χ2v) is 30.2. The number of esters is 7. The third kappa shape index (κ3) is 25.2. The number of hydrogen-bond acceptors (Lipinski definition) is 27. The van der Waals surface area contributed by atoms with Gasteiger partial charge in [-0.1, -0.05) is 212 Å². The first-order valence-electron chi connectivity index (χ1n) is 40.2. The summed E-state index contributed by atoms with van der Waals surface area (Å²) in [4.78, 5) is 103. The van der Waals surface area contributed by atoms with Crippen molar-refractivity contribution in [2.45, 2.75) is 197 Å². The molecule has 121 heavy (non-hydrogen) atoms. The fraction of sp³-hybridized carbons (Fsp3) is 0.394. The average molecular weight is 1660 g/mol. The lowest BCUT2D eigenvalue weighted by Gasteiger charge is -2.51. The topological polar surface area (TPSA) is 304 Å². The van der Waals surface area contributed by atoms with Gasteiger partial charge in [-0.3, -0.25) is 14.4 Å². The Hall–Kier alpha value is -10.7. The standard InChI is InChI=1S/C94H102O27/c1-8-9-34-51-105-89-81(121-93(101)94(4,5)6)75(108-56-66-43-26-14-27-44-66)72(59-109-89)114-90-82(110-60(2)95)76(73(106-54-64-39-22-12-23-40-64)70(112-90)57-103-52-62-35-18-10-19-36-62)118-91-83(111-61(3)96)77(74(107-55-65-41-24-13-25-42-65)71(113-91)58-104-53-63-37-20-11-21-38-63)119-92-84(117-87(99)69-49-32-17-33-50-69)79(116-86(98)68-47-30-16-31-48-68)78(80(120-92)88(100)102-7)115-85(97)67-45-28-15-29-46-67/h8,10-33,35-50,70-84,89-92H,1,9,34,51-59H2,2-7H3/t70-,71-,72-,73+,74+,75+,76+,77+,78+,79+,80+,81-,82-,83-,84-,89-,90+,91+,92-/m1/s1. The van der Waals surface area contributed by atoms with Crippen molar-refractivity contribution in [1.82, 2.24) is 0 Å². The molecule has 8 aromatic carbocycles. The van der Waals surface area contributed by atoms with Gasteiger partial charge in [0.05, 0.1) is 88.7 Å². The number of carbonyl (C=O) groups is 7. The molecule has 27 nitrogen and oxygen atoms in total. The number of allylic oxidation sites excluding steroid dienone is 1. The van der Waals surface area contributed by atoms with Crippen LogP contribution in [-0.2, 0) is 147 Å². The molecule has 8 aromatic rings. The summed E-state index contributed by atoms with van der Waals surface area (Å²) in [5, 5.41) is 0. The van der Waals surface area contributed by atoms with Crippen molar-refractivity contribution in [2.24, 2.45) is 5.41 Å². The molecule has 0 saturated carbocycles. The van der Waals surface area contributed by atoms with Crippen LogP contribution in [0.1, 0.15) is 106 Å². The van der Waals surface area contributed by atoms with Crippen LogP contribution in [-0.4, -0.2) is 192 Å². The minimum absolute atomic E-state index is 0.00851. The first kappa shape index (κ1) is 89.5. The molecule has 0 unspecified atom stereocenters. The lowest BCUT2D eigenvalue weighted by molar-refractivity contribution is -0.392. The summed E-state index contributed by atoms with van der Waals surface area (Å²) in [6.07, 6.45) is -29.4. The molecule has 4 aliphatic rings. The van der Waals surface area contributed by atoms with Crippen LogP contribution in [0.15, 0.2) is 255 Å². The molecule has 640 valence electrons. The van der Waals surface area contributed by atoms with E-state index in [1.54, 1.807) is 106 Å². The minimum Gasteiger partial charge on any atom is -0.467 e. The summed E-state index contributed by atoms with van der Waals surface area (Å²) in [5.41, 5.74) is 2.42. The van der Waals surface area contributed by atoms with Gasteiger partial charge in [-0.15, -0.1) is 6.58 Å². The number of ether oxygens (including phenoxy) is 20. The normalized spacial score (nSPS) is 25.9. The molecular formula is C94H102O27. The molecule has 12 rings (SSSR count). The highest BCUT2D eigenvalue weighted by Gasteiger charge is 2.62. The predicted octanol–water partition coefficient (Wildman–Crippen LogP) is 12.5. The summed E-state index contributed by atoms with van der Waals surface area (Å²) in [5.74, 6) is -6.81. The molecule has 0 radical (unpaired) electrons. The zero-order valence-corrected chi connectivity index (χ0v) is 68.1. The maximum Gasteiger partial charge on any atom is 0.339 e. The highest BCUT2D eigenvalue weighted by Crippen LogP contribution is 2.41. The Labute approximate surface area is 702 Å². The molecule has 4 saturated heterocycles. The van der Waals surface area contributed by atoms with E-state index in [-0.39, 0.29) is 76.2 Å². The molecule has 0 aliphatic carbocycles. The molecule has 0 bridgehead atoms. The van der Waals surface area contributed by atoms with Crippen LogP contribution in [0.25, 0.3) is 0 Å². The van der Waals surface area contributed by atoms with E-state index in [4.69, 9.17) is 94.7 Å². The minimum atomic E-state index is -2.20. The molecule has 0 aromatic heterocycles. The molecule has 0 spiro atoms. The fourth-order valence-electron chi connectivity index (χ4n) is 14.1. The Morgan fingerprint density at radius 3 is 1.12 bits per heavy atom. The third-order valence-electron chi connectivity index (χ3n) is 20.1. The van der Waals surface area contributed by atoms with E-state index in [9.17, 15) is 28.8 Å². The Kier molecular flexibility index (Phi) is 33.1. The molecule has 4 aliphatic heterocycles. The largest absolute Gasteiger partial charge is 0.467 e. The van der Waals surface area contributed by atoms with E-state index in [2.05, 4.69) is 6.58 Å². The highest BCUT2D eigenvalue weighted by atomic mass is 16.8. The molecule has 19 atom stereocenters. The Balaban J connectivity index is 1.03. The van der Waals surface area contributed by atoms with E-state index in [1.165, 1.54) is 36.4 Å². The molecular weight excluding hydrogens is 1560 g/mol. The van der Waals surface area contributed by atoms with Crippen LogP contribution in [0.5, 0.6) is 0 Å². The van der Waals surface area contributed by atoms with E-state index in [0.29, 0.717) is 24.0 Å². The second-order valence-electron chi connectivity index (χ2n) is 30.2. The van der Waals surface area contributed by atoms with Crippen LogP contribution in [0.2, 0.25) is 0 Å². The maximum atomic E-state index is 15.1. The summed E-state index contributed by atoms with van der Waals surface area (Å²) < 4.78 is 135. The summed E-state index contributed by atoms with van der Waals surface area (Å²) in [7, 11) is 1.04. The lowest BCUT2D eigenvalue weighted by Crippen LogP contribution is -2.69. The monoisotopic (exact) mass is 1660 g/mol. The predicted molar refractivity (Wildman–Crippen MR) is 432 cm³/mol. The molecule has 27 heteroatoms. The van der Waals surface area contributed by atoms with Crippen molar-refractivity contribution >= 4 is 41.8 Å². The Morgan fingerprint density at radius 2 is 0.727 bits per heavy atom. The van der Waals surface area contributed by atoms with Crippen LogP contribution in [0.3, 0.4) is 0 Å². The smallest absolute Gasteiger partial charge is 0.339 e. The van der Waals surface area contributed by atoms with Gasteiger partial charge in [-0.05, 0) is 97.8 Å². The van der Waals surface area contributed by atoms with Crippen LogP contribution in [0.4, 0.5) is 0 Å². The number of methoxy groups -OCH3 is 1. The first-order valence-corrected chi connectivity index (χ1v) is 40.2. The van der Waals surface area contributed by atoms with Crippen LogP contribution >= 0.6 is 0 Å². The van der Waals surface area contributed by atoms with Crippen LogP contribution in [0, 0.1) is 5.41 Å².